The molecule has 0 bridgehead atoms. The molecule has 1 heterocycles. The number of ether oxygens (including phenoxy) is 1. The maximum Gasteiger partial charge on any atom is 0.120 e. The van der Waals surface area contributed by atoms with Crippen LogP contribution in [0.15, 0.2) is 24.3 Å². The highest BCUT2D eigenvalue weighted by Crippen LogP contribution is 2.25. The minimum Gasteiger partial charge on any atom is -0.497 e. The fourth-order valence-electron chi connectivity index (χ4n) is 2.67. The Morgan fingerprint density at radius 2 is 2.26 bits per heavy atom. The Labute approximate surface area is 115 Å². The lowest BCUT2D eigenvalue weighted by Crippen LogP contribution is -2.41. The molecule has 4 heteroatoms. The van der Waals surface area contributed by atoms with Gasteiger partial charge < -0.3 is 20.1 Å². The molecular formula is C15H24N2O2. The number of aliphatic hydroxyl groups excluding tert-OH is 1. The van der Waals surface area contributed by atoms with Crippen molar-refractivity contribution in [3.8, 4) is 5.75 Å². The van der Waals surface area contributed by atoms with Crippen LogP contribution in [-0.2, 0) is 0 Å². The van der Waals surface area contributed by atoms with Crippen molar-refractivity contribution in [3.63, 3.8) is 0 Å². The van der Waals surface area contributed by atoms with Gasteiger partial charge in [-0.05, 0) is 31.0 Å². The molecule has 1 fully saturated rings. The van der Waals surface area contributed by atoms with E-state index in [4.69, 9.17) is 4.74 Å². The third kappa shape index (κ3) is 3.61. The fraction of sp³-hybridized carbons (Fsp3) is 0.600. The fourth-order valence-corrected chi connectivity index (χ4v) is 2.67. The van der Waals surface area contributed by atoms with Gasteiger partial charge in [-0.25, -0.2) is 0 Å². The van der Waals surface area contributed by atoms with Crippen LogP contribution in [0.3, 0.4) is 0 Å². The number of aliphatic hydroxyl groups is 1. The Kier molecular flexibility index (Phi) is 5.05. The van der Waals surface area contributed by atoms with Gasteiger partial charge in [-0.1, -0.05) is 13.0 Å². The SMILES string of the molecule is COc1cccc(N2CC(C)CNCC2CCO)c1. The van der Waals surface area contributed by atoms with Crippen molar-refractivity contribution in [2.24, 2.45) is 5.92 Å². The zero-order chi connectivity index (χ0) is 13.7. The molecule has 19 heavy (non-hydrogen) atoms. The molecule has 2 rings (SSSR count). The van der Waals surface area contributed by atoms with Crippen LogP contribution in [0.1, 0.15) is 13.3 Å². The third-order valence-corrected chi connectivity index (χ3v) is 3.67. The standard InChI is InChI=1S/C15H24N2O2/c1-12-9-16-10-14(6-7-18)17(11-12)13-4-3-5-15(8-13)19-2/h3-5,8,12,14,16,18H,6-7,9-11H2,1-2H3. The maximum atomic E-state index is 9.26. The molecule has 0 saturated carbocycles. The van der Waals surface area contributed by atoms with Crippen LogP contribution in [0.2, 0.25) is 0 Å². The van der Waals surface area contributed by atoms with Crippen LogP contribution in [0, 0.1) is 5.92 Å². The van der Waals surface area contributed by atoms with Crippen molar-refractivity contribution < 1.29 is 9.84 Å². The minimum absolute atomic E-state index is 0.223. The average Bonchev–Trinajstić information content (AvgIpc) is 2.61. The molecule has 0 amide bonds. The van der Waals surface area contributed by atoms with Gasteiger partial charge in [-0.2, -0.15) is 0 Å². The first kappa shape index (κ1) is 14.2. The molecule has 106 valence electrons. The van der Waals surface area contributed by atoms with E-state index in [0.717, 1.165) is 31.8 Å². The lowest BCUT2D eigenvalue weighted by Gasteiger charge is -2.32. The smallest absolute Gasteiger partial charge is 0.120 e. The summed E-state index contributed by atoms with van der Waals surface area (Å²) in [5.74, 6) is 1.47. The van der Waals surface area contributed by atoms with Crippen LogP contribution in [-0.4, -0.2) is 44.5 Å². The molecule has 2 unspecified atom stereocenters. The number of anilines is 1. The van der Waals surface area contributed by atoms with Crippen molar-refractivity contribution in [2.45, 2.75) is 19.4 Å². The van der Waals surface area contributed by atoms with E-state index in [9.17, 15) is 5.11 Å². The van der Waals surface area contributed by atoms with Crippen molar-refractivity contribution in [2.75, 3.05) is 38.3 Å². The van der Waals surface area contributed by atoms with Crippen molar-refractivity contribution in [3.05, 3.63) is 24.3 Å². The van der Waals surface area contributed by atoms with E-state index in [1.165, 1.54) is 5.69 Å². The number of hydrogen-bond acceptors (Lipinski definition) is 4. The van der Waals surface area contributed by atoms with Crippen LogP contribution in [0.25, 0.3) is 0 Å². The van der Waals surface area contributed by atoms with Gasteiger partial charge in [0.05, 0.1) is 7.11 Å². The zero-order valence-corrected chi connectivity index (χ0v) is 11.8. The van der Waals surface area contributed by atoms with Crippen molar-refractivity contribution >= 4 is 5.69 Å². The van der Waals surface area contributed by atoms with E-state index in [0.29, 0.717) is 12.0 Å². The minimum atomic E-state index is 0.223. The second-order valence-electron chi connectivity index (χ2n) is 5.28. The third-order valence-electron chi connectivity index (χ3n) is 3.67. The lowest BCUT2D eigenvalue weighted by atomic mass is 10.1. The highest BCUT2D eigenvalue weighted by Gasteiger charge is 2.24. The summed E-state index contributed by atoms with van der Waals surface area (Å²) in [7, 11) is 1.69. The molecule has 1 aliphatic heterocycles. The van der Waals surface area contributed by atoms with Gasteiger partial charge >= 0.3 is 0 Å². The molecule has 1 aromatic rings. The summed E-state index contributed by atoms with van der Waals surface area (Å²) in [5, 5.41) is 12.7. The molecule has 1 aromatic carbocycles. The Morgan fingerprint density at radius 1 is 1.42 bits per heavy atom. The number of rotatable bonds is 4. The average molecular weight is 264 g/mol. The van der Waals surface area contributed by atoms with Gasteiger partial charge in [0, 0.05) is 37.5 Å². The highest BCUT2D eigenvalue weighted by molar-refractivity contribution is 5.52. The number of hydrogen-bond donors (Lipinski definition) is 2. The zero-order valence-electron chi connectivity index (χ0n) is 11.8. The molecule has 2 N–H and O–H groups in total. The van der Waals surface area contributed by atoms with E-state index in [-0.39, 0.29) is 6.61 Å². The summed E-state index contributed by atoms with van der Waals surface area (Å²) < 4.78 is 5.31. The molecule has 1 aliphatic rings. The van der Waals surface area contributed by atoms with Crippen LogP contribution < -0.4 is 15.0 Å². The van der Waals surface area contributed by atoms with Gasteiger partial charge in [0.15, 0.2) is 0 Å². The molecule has 2 atom stereocenters. The molecular weight excluding hydrogens is 240 g/mol. The predicted molar refractivity (Wildman–Crippen MR) is 77.9 cm³/mol. The predicted octanol–water partition coefficient (Wildman–Crippen LogP) is 1.49. The van der Waals surface area contributed by atoms with E-state index < -0.39 is 0 Å². The highest BCUT2D eigenvalue weighted by atomic mass is 16.5. The van der Waals surface area contributed by atoms with Gasteiger partial charge in [0.2, 0.25) is 0 Å². The quantitative estimate of drug-likeness (QED) is 0.865. The first-order valence-electron chi connectivity index (χ1n) is 6.97. The summed E-state index contributed by atoms with van der Waals surface area (Å²) in [5.41, 5.74) is 1.17. The van der Waals surface area contributed by atoms with Crippen LogP contribution >= 0.6 is 0 Å². The molecule has 0 aliphatic carbocycles. The lowest BCUT2D eigenvalue weighted by molar-refractivity contribution is 0.272. The molecule has 0 radical (unpaired) electrons. The molecule has 0 aromatic heterocycles. The topological polar surface area (TPSA) is 44.7 Å². The van der Waals surface area contributed by atoms with Gasteiger partial charge in [-0.15, -0.1) is 0 Å². The first-order valence-corrected chi connectivity index (χ1v) is 6.97. The number of nitrogens with one attached hydrogen (secondary N) is 1. The van der Waals surface area contributed by atoms with E-state index in [1.807, 2.05) is 12.1 Å². The molecule has 1 saturated heterocycles. The normalized spacial score (nSPS) is 24.1. The van der Waals surface area contributed by atoms with Crippen molar-refractivity contribution in [1.82, 2.24) is 5.32 Å². The van der Waals surface area contributed by atoms with Gasteiger partial charge in [0.25, 0.3) is 0 Å². The molecule has 0 spiro atoms. The monoisotopic (exact) mass is 264 g/mol. The Morgan fingerprint density at radius 3 is 3.00 bits per heavy atom. The van der Waals surface area contributed by atoms with Crippen LogP contribution in [0.4, 0.5) is 5.69 Å². The van der Waals surface area contributed by atoms with E-state index in [2.05, 4.69) is 29.3 Å². The summed E-state index contributed by atoms with van der Waals surface area (Å²) in [4.78, 5) is 2.39. The summed E-state index contributed by atoms with van der Waals surface area (Å²) in [6, 6.07) is 8.51. The summed E-state index contributed by atoms with van der Waals surface area (Å²) in [6.45, 7) is 5.43. The second-order valence-corrected chi connectivity index (χ2v) is 5.28. The van der Waals surface area contributed by atoms with Gasteiger partial charge in [-0.3, -0.25) is 0 Å². The second kappa shape index (κ2) is 6.78. The molecule has 4 nitrogen and oxygen atoms in total. The summed E-state index contributed by atoms with van der Waals surface area (Å²) in [6.07, 6.45) is 0.789. The van der Waals surface area contributed by atoms with E-state index >= 15 is 0 Å². The number of methoxy groups -OCH3 is 1. The van der Waals surface area contributed by atoms with E-state index in [1.54, 1.807) is 7.11 Å². The van der Waals surface area contributed by atoms with Crippen LogP contribution in [0.5, 0.6) is 5.75 Å². The van der Waals surface area contributed by atoms with Crippen molar-refractivity contribution in [1.29, 1.82) is 0 Å². The number of nitrogens with zero attached hydrogens (tertiary/aromatic N) is 1. The largest absolute Gasteiger partial charge is 0.497 e. The first-order chi connectivity index (χ1) is 9.24. The Bertz CT molecular complexity index is 397. The maximum absolute atomic E-state index is 9.26. The summed E-state index contributed by atoms with van der Waals surface area (Å²) >= 11 is 0. The Balaban J connectivity index is 2.24. The number of benzene rings is 1. The Hall–Kier alpha value is -1.26. The van der Waals surface area contributed by atoms with Gasteiger partial charge in [0.1, 0.15) is 5.75 Å².